The summed E-state index contributed by atoms with van der Waals surface area (Å²) in [4.78, 5) is 23.7. The van der Waals surface area contributed by atoms with Crippen molar-refractivity contribution in [3.63, 3.8) is 0 Å². The minimum atomic E-state index is -0.104. The third-order valence-electron chi connectivity index (χ3n) is 6.95. The summed E-state index contributed by atoms with van der Waals surface area (Å²) < 4.78 is 0. The van der Waals surface area contributed by atoms with Gasteiger partial charge in [-0.15, -0.1) is 0 Å². The van der Waals surface area contributed by atoms with Crippen LogP contribution in [0.15, 0.2) is 30.3 Å². The molecule has 4 saturated carbocycles. The summed E-state index contributed by atoms with van der Waals surface area (Å²) in [6, 6.07) is 7.24. The molecule has 4 nitrogen and oxygen atoms in total. The molecule has 0 aliphatic heterocycles. The van der Waals surface area contributed by atoms with Crippen molar-refractivity contribution in [1.82, 2.24) is 10.6 Å². The molecular weight excluding hydrogens is 336 g/mol. The molecule has 0 aromatic heterocycles. The summed E-state index contributed by atoms with van der Waals surface area (Å²) in [5.74, 6) is 2.75. The van der Waals surface area contributed by atoms with Crippen molar-refractivity contribution in [2.45, 2.75) is 44.9 Å². The molecule has 0 atom stereocenters. The van der Waals surface area contributed by atoms with E-state index in [-0.39, 0.29) is 11.8 Å². The Morgan fingerprint density at radius 3 is 2.19 bits per heavy atom. The number of carbonyl (C=O) groups is 2. The maximum atomic E-state index is 12.2. The van der Waals surface area contributed by atoms with Crippen molar-refractivity contribution in [1.29, 1.82) is 0 Å². The van der Waals surface area contributed by atoms with Gasteiger partial charge in [-0.25, -0.2) is 0 Å². The minimum absolute atomic E-state index is 0.0323. The molecule has 1 aromatic rings. The van der Waals surface area contributed by atoms with Gasteiger partial charge in [-0.05, 0) is 91.9 Å². The molecule has 0 spiro atoms. The number of hydrogen-bond donors (Lipinski definition) is 2. The van der Waals surface area contributed by atoms with Crippen molar-refractivity contribution in [3.05, 3.63) is 41.5 Å². The number of carbonyl (C=O) groups excluding carboxylic acids is 2. The van der Waals surface area contributed by atoms with E-state index in [1.165, 1.54) is 38.5 Å². The summed E-state index contributed by atoms with van der Waals surface area (Å²) in [5, 5.41) is 5.68. The van der Waals surface area contributed by atoms with Gasteiger partial charge in [0.25, 0.3) is 5.91 Å². The van der Waals surface area contributed by atoms with Crippen LogP contribution in [0.25, 0.3) is 6.08 Å². The average molecular weight is 367 g/mol. The van der Waals surface area contributed by atoms with Crippen LogP contribution in [0.1, 0.15) is 60.9 Å². The van der Waals surface area contributed by atoms with Crippen LogP contribution in [-0.2, 0) is 4.79 Å². The van der Waals surface area contributed by atoms with E-state index < -0.39 is 0 Å². The smallest absolute Gasteiger partial charge is 0.251 e. The monoisotopic (exact) mass is 366 g/mol. The zero-order chi connectivity index (χ0) is 18.9. The number of hydrogen-bond acceptors (Lipinski definition) is 2. The summed E-state index contributed by atoms with van der Waals surface area (Å²) in [6.07, 6.45) is 13.1. The fraction of sp³-hybridized carbons (Fsp3) is 0.565. The molecule has 0 heterocycles. The quantitative estimate of drug-likeness (QED) is 0.753. The van der Waals surface area contributed by atoms with E-state index in [1.54, 1.807) is 31.3 Å². The highest BCUT2D eigenvalue weighted by Gasteiger charge is 2.50. The Bertz CT molecular complexity index is 700. The van der Waals surface area contributed by atoms with Gasteiger partial charge in [-0.2, -0.15) is 0 Å². The average Bonchev–Trinajstić information content (AvgIpc) is 2.65. The molecule has 4 heteroatoms. The van der Waals surface area contributed by atoms with Crippen LogP contribution < -0.4 is 10.6 Å². The third kappa shape index (κ3) is 4.10. The van der Waals surface area contributed by atoms with Gasteiger partial charge in [0, 0.05) is 25.2 Å². The largest absolute Gasteiger partial charge is 0.355 e. The summed E-state index contributed by atoms with van der Waals surface area (Å²) in [6.45, 7) is 0.783. The van der Waals surface area contributed by atoms with E-state index in [4.69, 9.17) is 0 Å². The van der Waals surface area contributed by atoms with Crippen LogP contribution >= 0.6 is 0 Å². The molecule has 4 bridgehead atoms. The molecule has 27 heavy (non-hydrogen) atoms. The predicted octanol–water partition coefficient (Wildman–Crippen LogP) is 3.78. The molecule has 144 valence electrons. The molecule has 4 aliphatic carbocycles. The Morgan fingerprint density at radius 2 is 1.63 bits per heavy atom. The van der Waals surface area contributed by atoms with Gasteiger partial charge in [0.1, 0.15) is 0 Å². The zero-order valence-corrected chi connectivity index (χ0v) is 16.2. The number of benzene rings is 1. The summed E-state index contributed by atoms with van der Waals surface area (Å²) in [7, 11) is 1.61. The lowest BCUT2D eigenvalue weighted by Gasteiger charge is -2.57. The Balaban J connectivity index is 1.25. The van der Waals surface area contributed by atoms with E-state index in [2.05, 4.69) is 10.6 Å². The first-order valence-corrected chi connectivity index (χ1v) is 10.3. The van der Waals surface area contributed by atoms with Gasteiger partial charge in [-0.1, -0.05) is 12.1 Å². The Kier molecular flexibility index (Phi) is 5.07. The Hall–Kier alpha value is -2.10. The van der Waals surface area contributed by atoms with Gasteiger partial charge >= 0.3 is 0 Å². The second-order valence-electron chi connectivity index (χ2n) is 8.99. The molecule has 4 aliphatic rings. The molecule has 0 saturated heterocycles. The van der Waals surface area contributed by atoms with Crippen LogP contribution in [0.2, 0.25) is 0 Å². The molecule has 0 unspecified atom stereocenters. The molecule has 0 radical (unpaired) electrons. The molecule has 1 aromatic carbocycles. The van der Waals surface area contributed by atoms with Gasteiger partial charge in [0.05, 0.1) is 0 Å². The first-order valence-electron chi connectivity index (χ1n) is 10.3. The van der Waals surface area contributed by atoms with Crippen molar-refractivity contribution < 1.29 is 9.59 Å². The lowest BCUT2D eigenvalue weighted by atomic mass is 9.49. The van der Waals surface area contributed by atoms with Gasteiger partial charge < -0.3 is 10.6 Å². The number of nitrogens with one attached hydrogen (secondary N) is 2. The fourth-order valence-corrected chi connectivity index (χ4v) is 6.17. The van der Waals surface area contributed by atoms with Crippen molar-refractivity contribution in [2.75, 3.05) is 13.6 Å². The van der Waals surface area contributed by atoms with E-state index in [0.717, 1.165) is 36.3 Å². The van der Waals surface area contributed by atoms with Crippen molar-refractivity contribution >= 4 is 17.9 Å². The maximum absolute atomic E-state index is 12.2. The SMILES string of the molecule is CNC(=O)c1ccc(/C=C/C(=O)NCCC23CC4CC(CC(C4)C2)C3)cc1. The topological polar surface area (TPSA) is 58.2 Å². The normalized spacial score (nSPS) is 31.2. The van der Waals surface area contributed by atoms with Crippen LogP contribution in [-0.4, -0.2) is 25.4 Å². The maximum Gasteiger partial charge on any atom is 0.251 e. The molecule has 5 rings (SSSR count). The van der Waals surface area contributed by atoms with Crippen LogP contribution in [0.3, 0.4) is 0 Å². The third-order valence-corrected chi connectivity index (χ3v) is 6.95. The first-order chi connectivity index (χ1) is 13.0. The van der Waals surface area contributed by atoms with Gasteiger partial charge in [0.2, 0.25) is 5.91 Å². The number of amides is 2. The lowest BCUT2D eigenvalue weighted by Crippen LogP contribution is -2.47. The van der Waals surface area contributed by atoms with Crippen LogP contribution in [0.5, 0.6) is 0 Å². The summed E-state index contributed by atoms with van der Waals surface area (Å²) >= 11 is 0. The molecule has 4 fully saturated rings. The van der Waals surface area contributed by atoms with Gasteiger partial charge in [0.15, 0.2) is 0 Å². The van der Waals surface area contributed by atoms with Crippen LogP contribution in [0, 0.1) is 23.2 Å². The van der Waals surface area contributed by atoms with Crippen LogP contribution in [0.4, 0.5) is 0 Å². The highest BCUT2D eigenvalue weighted by atomic mass is 16.2. The fourth-order valence-electron chi connectivity index (χ4n) is 6.17. The number of rotatable bonds is 6. The second-order valence-corrected chi connectivity index (χ2v) is 8.99. The minimum Gasteiger partial charge on any atom is -0.355 e. The highest BCUT2D eigenvalue weighted by Crippen LogP contribution is 2.61. The Morgan fingerprint density at radius 1 is 1.04 bits per heavy atom. The van der Waals surface area contributed by atoms with E-state index >= 15 is 0 Å². The molecular formula is C23H30N2O2. The van der Waals surface area contributed by atoms with Crippen molar-refractivity contribution in [3.8, 4) is 0 Å². The van der Waals surface area contributed by atoms with E-state index in [1.807, 2.05) is 12.1 Å². The summed E-state index contributed by atoms with van der Waals surface area (Å²) in [5.41, 5.74) is 2.05. The molecule has 2 N–H and O–H groups in total. The molecule has 2 amide bonds. The lowest BCUT2D eigenvalue weighted by molar-refractivity contribution is -0.116. The predicted molar refractivity (Wildman–Crippen MR) is 107 cm³/mol. The second kappa shape index (κ2) is 7.49. The standard InChI is InChI=1S/C23H30N2O2/c1-24-22(27)20-5-2-16(3-6-20)4-7-21(26)25-9-8-23-13-17-10-18(14-23)12-19(11-17)15-23/h2-7,17-19H,8-15H2,1H3,(H,24,27)(H,25,26)/b7-4+. The van der Waals surface area contributed by atoms with Gasteiger partial charge in [-0.3, -0.25) is 9.59 Å². The van der Waals surface area contributed by atoms with E-state index in [9.17, 15) is 9.59 Å². The van der Waals surface area contributed by atoms with Crippen molar-refractivity contribution in [2.24, 2.45) is 23.2 Å². The Labute approximate surface area is 161 Å². The highest BCUT2D eigenvalue weighted by molar-refractivity contribution is 5.94. The van der Waals surface area contributed by atoms with E-state index in [0.29, 0.717) is 11.0 Å². The first kappa shape index (κ1) is 18.3. The zero-order valence-electron chi connectivity index (χ0n) is 16.2.